The van der Waals surface area contributed by atoms with Gasteiger partial charge in [-0.1, -0.05) is 91.0 Å². The van der Waals surface area contributed by atoms with Gasteiger partial charge in [0.1, 0.15) is 0 Å². The smallest absolute Gasteiger partial charge is 0.310 e. The van der Waals surface area contributed by atoms with E-state index >= 15 is 0 Å². The summed E-state index contributed by atoms with van der Waals surface area (Å²) in [5.41, 5.74) is 0. The minimum Gasteiger partial charge on any atom is -0.469 e. The van der Waals surface area contributed by atoms with Gasteiger partial charge < -0.3 is 4.74 Å². The lowest BCUT2D eigenvalue weighted by Gasteiger charge is -2.32. The predicted molar refractivity (Wildman–Crippen MR) is 117 cm³/mol. The summed E-state index contributed by atoms with van der Waals surface area (Å²) in [7, 11) is 1.35. The second kappa shape index (κ2) is 8.86. The molecule has 0 aliphatic heterocycles. The lowest BCUT2D eigenvalue weighted by atomic mass is 10.2. The summed E-state index contributed by atoms with van der Waals surface area (Å²) >= 11 is 0. The highest BCUT2D eigenvalue weighted by molar-refractivity contribution is 7.96. The van der Waals surface area contributed by atoms with Gasteiger partial charge >= 0.3 is 5.97 Å². The van der Waals surface area contributed by atoms with E-state index in [9.17, 15) is 9.59 Å². The zero-order chi connectivity index (χ0) is 20.0. The number of Topliss-reactive ketones (excluding diaryl/α,β-unsaturated/α-hetero) is 1. The Morgan fingerprint density at radius 2 is 1.07 bits per heavy atom. The summed E-state index contributed by atoms with van der Waals surface area (Å²) in [6, 6.07) is 30.0. The van der Waals surface area contributed by atoms with Crippen molar-refractivity contribution in [3.63, 3.8) is 0 Å². The van der Waals surface area contributed by atoms with Crippen molar-refractivity contribution in [2.75, 3.05) is 7.11 Å². The Morgan fingerprint density at radius 3 is 1.36 bits per heavy atom. The molecular weight excluding hydrogens is 367 g/mol. The van der Waals surface area contributed by atoms with Crippen molar-refractivity contribution in [2.45, 2.75) is 13.3 Å². The van der Waals surface area contributed by atoms with Crippen LogP contribution in [0.5, 0.6) is 0 Å². The maximum atomic E-state index is 12.9. The van der Waals surface area contributed by atoms with Crippen LogP contribution in [-0.2, 0) is 14.3 Å². The third kappa shape index (κ3) is 3.72. The average Bonchev–Trinajstić information content (AvgIpc) is 2.75. The number of rotatable bonds is 6. The van der Waals surface area contributed by atoms with Gasteiger partial charge in [0.25, 0.3) is 0 Å². The molecule has 0 amide bonds. The SMILES string of the molecule is COC(=O)CC(C(C)=O)=P(c1ccccc1)(c1ccccc1)c1ccccc1. The standard InChI is InChI=1S/C24H23O3P/c1-19(25)23(18-24(26)27-2)28(20-12-6-3-7-13-20,21-14-8-4-9-15-21)22-16-10-5-11-17-22/h3-17H,18H2,1-2H3. The van der Waals surface area contributed by atoms with Crippen LogP contribution in [0.3, 0.4) is 0 Å². The van der Waals surface area contributed by atoms with E-state index < -0.39 is 12.9 Å². The van der Waals surface area contributed by atoms with Gasteiger partial charge in [0.05, 0.1) is 13.5 Å². The number of benzene rings is 3. The fourth-order valence-corrected chi connectivity index (χ4v) is 8.08. The van der Waals surface area contributed by atoms with Gasteiger partial charge in [-0.2, -0.15) is 0 Å². The van der Waals surface area contributed by atoms with Crippen LogP contribution in [0.2, 0.25) is 0 Å². The van der Waals surface area contributed by atoms with Crippen LogP contribution < -0.4 is 15.9 Å². The molecule has 3 nitrogen and oxygen atoms in total. The molecule has 0 atom stereocenters. The molecule has 0 spiro atoms. The van der Waals surface area contributed by atoms with Gasteiger partial charge in [-0.15, -0.1) is 0 Å². The van der Waals surface area contributed by atoms with Crippen LogP contribution in [0.25, 0.3) is 0 Å². The molecule has 0 unspecified atom stereocenters. The maximum Gasteiger partial charge on any atom is 0.310 e. The van der Waals surface area contributed by atoms with E-state index in [-0.39, 0.29) is 12.2 Å². The monoisotopic (exact) mass is 390 g/mol. The molecule has 0 fully saturated rings. The van der Waals surface area contributed by atoms with E-state index in [2.05, 4.69) is 0 Å². The number of hydrogen-bond donors (Lipinski definition) is 0. The molecule has 0 aliphatic rings. The maximum absolute atomic E-state index is 12.9. The predicted octanol–water partition coefficient (Wildman–Crippen LogP) is 3.31. The van der Waals surface area contributed by atoms with Crippen molar-refractivity contribution in [1.82, 2.24) is 0 Å². The Morgan fingerprint density at radius 1 is 0.714 bits per heavy atom. The molecule has 0 saturated heterocycles. The van der Waals surface area contributed by atoms with E-state index in [0.717, 1.165) is 15.9 Å². The molecule has 0 aliphatic carbocycles. The summed E-state index contributed by atoms with van der Waals surface area (Å²) < 4.78 is 4.94. The van der Waals surface area contributed by atoms with Crippen molar-refractivity contribution in [1.29, 1.82) is 0 Å². The molecule has 0 N–H and O–H groups in total. The highest BCUT2D eigenvalue weighted by Gasteiger charge is 2.32. The molecule has 3 aromatic rings. The van der Waals surface area contributed by atoms with Gasteiger partial charge in [0.15, 0.2) is 5.78 Å². The Hall–Kier alpha value is -2.90. The third-order valence-electron chi connectivity index (χ3n) is 4.78. The van der Waals surface area contributed by atoms with Crippen LogP contribution in [0.1, 0.15) is 13.3 Å². The van der Waals surface area contributed by atoms with Crippen LogP contribution in [0, 0.1) is 0 Å². The highest BCUT2D eigenvalue weighted by atomic mass is 31.2. The summed E-state index contributed by atoms with van der Waals surface area (Å²) in [4.78, 5) is 25.2. The Bertz CT molecular complexity index is 906. The van der Waals surface area contributed by atoms with Gasteiger partial charge in [-0.05, 0) is 29.7 Å². The van der Waals surface area contributed by atoms with Crippen molar-refractivity contribution in [3.05, 3.63) is 91.0 Å². The molecule has 3 aromatic carbocycles. The van der Waals surface area contributed by atoms with Gasteiger partial charge in [0, 0.05) is 5.29 Å². The number of carbonyl (C=O) groups is 2. The zero-order valence-corrected chi connectivity index (χ0v) is 16.9. The normalized spacial score (nSPS) is 10.9. The number of esters is 1. The van der Waals surface area contributed by atoms with Crippen LogP contribution in [0.4, 0.5) is 0 Å². The van der Waals surface area contributed by atoms with E-state index in [1.165, 1.54) is 7.11 Å². The Labute approximate surface area is 166 Å². The Balaban J connectivity index is 2.56. The van der Waals surface area contributed by atoms with Crippen molar-refractivity contribution in [2.24, 2.45) is 0 Å². The first-order valence-electron chi connectivity index (χ1n) is 9.10. The zero-order valence-electron chi connectivity index (χ0n) is 16.0. The lowest BCUT2D eigenvalue weighted by molar-refractivity contribution is -0.139. The fraction of sp³-hybridized carbons (Fsp3) is 0.125. The number of methoxy groups -OCH3 is 1. The quantitative estimate of drug-likeness (QED) is 0.479. The van der Waals surface area contributed by atoms with Crippen LogP contribution >= 0.6 is 6.89 Å². The highest BCUT2D eigenvalue weighted by Crippen LogP contribution is 2.47. The van der Waals surface area contributed by atoms with Crippen LogP contribution in [0.15, 0.2) is 91.0 Å². The fourth-order valence-electron chi connectivity index (χ4n) is 3.56. The topological polar surface area (TPSA) is 43.4 Å². The first-order chi connectivity index (χ1) is 13.6. The summed E-state index contributed by atoms with van der Waals surface area (Å²) in [6.07, 6.45) is -0.0295. The van der Waals surface area contributed by atoms with E-state index in [4.69, 9.17) is 4.74 Å². The van der Waals surface area contributed by atoms with Crippen molar-refractivity contribution < 1.29 is 14.3 Å². The second-order valence-corrected chi connectivity index (χ2v) is 9.86. The molecule has 0 aromatic heterocycles. The number of ether oxygens (including phenoxy) is 1. The molecule has 0 heterocycles. The number of ketones is 1. The molecule has 142 valence electrons. The summed E-state index contributed by atoms with van der Waals surface area (Å²) in [5, 5.41) is 3.73. The van der Waals surface area contributed by atoms with Crippen molar-refractivity contribution >= 4 is 39.8 Å². The Kier molecular flexibility index (Phi) is 6.28. The van der Waals surface area contributed by atoms with E-state index in [0.29, 0.717) is 5.29 Å². The first-order valence-corrected chi connectivity index (χ1v) is 10.9. The van der Waals surface area contributed by atoms with E-state index in [1.54, 1.807) is 6.92 Å². The van der Waals surface area contributed by atoms with Gasteiger partial charge in [0.2, 0.25) is 0 Å². The minimum atomic E-state index is -2.52. The molecule has 0 saturated carbocycles. The minimum absolute atomic E-state index is 0.0295. The van der Waals surface area contributed by atoms with Crippen LogP contribution in [-0.4, -0.2) is 24.2 Å². The summed E-state index contributed by atoms with van der Waals surface area (Å²) in [6.45, 7) is -0.977. The lowest BCUT2D eigenvalue weighted by Crippen LogP contribution is -2.34. The molecule has 0 radical (unpaired) electrons. The third-order valence-corrected chi connectivity index (χ3v) is 9.28. The van der Waals surface area contributed by atoms with E-state index in [1.807, 2.05) is 91.0 Å². The molecular formula is C24H23O3P. The molecule has 4 heteroatoms. The number of hydrogen-bond acceptors (Lipinski definition) is 3. The molecule has 0 bridgehead atoms. The average molecular weight is 390 g/mol. The second-order valence-electron chi connectivity index (χ2n) is 6.43. The first kappa shape index (κ1) is 19.9. The number of carbonyl (C=O) groups excluding carboxylic acids is 2. The summed E-state index contributed by atoms with van der Waals surface area (Å²) in [5.74, 6) is -0.493. The molecule has 28 heavy (non-hydrogen) atoms. The van der Waals surface area contributed by atoms with Gasteiger partial charge in [-0.25, -0.2) is 0 Å². The molecule has 3 rings (SSSR count). The van der Waals surface area contributed by atoms with Crippen molar-refractivity contribution in [3.8, 4) is 0 Å². The largest absolute Gasteiger partial charge is 0.469 e. The van der Waals surface area contributed by atoms with Gasteiger partial charge in [-0.3, -0.25) is 9.59 Å².